The van der Waals surface area contributed by atoms with E-state index in [9.17, 15) is 4.79 Å². The molecule has 1 N–H and O–H groups in total. The summed E-state index contributed by atoms with van der Waals surface area (Å²) in [6, 6.07) is 4.47. The SMILES string of the molecule is C/C=C(\C)N(/N=C\CC)C(=O)c1cc2c(NC3CCC3)ccnc2s1. The van der Waals surface area contributed by atoms with Crippen LogP contribution in [0.2, 0.25) is 0 Å². The number of rotatable bonds is 6. The molecule has 0 radical (unpaired) electrons. The summed E-state index contributed by atoms with van der Waals surface area (Å²) in [6.45, 7) is 5.79. The van der Waals surface area contributed by atoms with Crippen LogP contribution in [0.1, 0.15) is 56.1 Å². The minimum Gasteiger partial charge on any atom is -0.382 e. The molecule has 1 fully saturated rings. The molecule has 0 saturated heterocycles. The molecular weight excluding hydrogens is 332 g/mol. The van der Waals surface area contributed by atoms with Gasteiger partial charge in [-0.25, -0.2) is 9.99 Å². The van der Waals surface area contributed by atoms with Crippen molar-refractivity contribution < 1.29 is 4.79 Å². The Kier molecular flexibility index (Phi) is 5.48. The average molecular weight is 356 g/mol. The summed E-state index contributed by atoms with van der Waals surface area (Å²) in [5.74, 6) is -0.113. The van der Waals surface area contributed by atoms with E-state index in [4.69, 9.17) is 0 Å². The minimum absolute atomic E-state index is 0.113. The van der Waals surface area contributed by atoms with Gasteiger partial charge in [-0.1, -0.05) is 13.0 Å². The fourth-order valence-electron chi connectivity index (χ4n) is 2.64. The Balaban J connectivity index is 1.93. The van der Waals surface area contributed by atoms with E-state index in [2.05, 4.69) is 15.4 Å². The lowest BCUT2D eigenvalue weighted by Gasteiger charge is -2.27. The predicted molar refractivity (Wildman–Crippen MR) is 105 cm³/mol. The van der Waals surface area contributed by atoms with E-state index in [0.717, 1.165) is 28.0 Å². The Morgan fingerprint density at radius 2 is 2.32 bits per heavy atom. The van der Waals surface area contributed by atoms with Crippen LogP contribution in [-0.4, -0.2) is 28.2 Å². The van der Waals surface area contributed by atoms with Gasteiger partial charge in [0, 0.05) is 35.2 Å². The van der Waals surface area contributed by atoms with Gasteiger partial charge in [0.15, 0.2) is 0 Å². The molecule has 0 aliphatic heterocycles. The van der Waals surface area contributed by atoms with Crippen LogP contribution in [0.3, 0.4) is 0 Å². The van der Waals surface area contributed by atoms with E-state index in [1.54, 1.807) is 12.4 Å². The van der Waals surface area contributed by atoms with Crippen molar-refractivity contribution in [3.05, 3.63) is 35.0 Å². The lowest BCUT2D eigenvalue weighted by Crippen LogP contribution is -2.27. The lowest BCUT2D eigenvalue weighted by atomic mass is 9.93. The minimum atomic E-state index is -0.113. The highest BCUT2D eigenvalue weighted by molar-refractivity contribution is 7.20. The van der Waals surface area contributed by atoms with Crippen LogP contribution < -0.4 is 5.32 Å². The number of hydrogen-bond acceptors (Lipinski definition) is 5. The molecule has 132 valence electrons. The number of pyridine rings is 1. The number of hydrazone groups is 1. The summed E-state index contributed by atoms with van der Waals surface area (Å²) < 4.78 is 0. The molecule has 0 unspecified atom stereocenters. The number of nitrogens with one attached hydrogen (secondary N) is 1. The molecule has 2 aromatic heterocycles. The number of carbonyl (C=O) groups excluding carboxylic acids is 1. The zero-order valence-corrected chi connectivity index (χ0v) is 15.8. The topological polar surface area (TPSA) is 57.6 Å². The van der Waals surface area contributed by atoms with Gasteiger partial charge in [-0.3, -0.25) is 4.79 Å². The fraction of sp³-hybridized carbons (Fsp3) is 0.421. The Labute approximate surface area is 152 Å². The maximum atomic E-state index is 13.0. The summed E-state index contributed by atoms with van der Waals surface area (Å²) in [5, 5.41) is 10.4. The molecule has 2 aromatic rings. The van der Waals surface area contributed by atoms with Crippen molar-refractivity contribution in [1.82, 2.24) is 9.99 Å². The van der Waals surface area contributed by atoms with Crippen LogP contribution in [0.15, 0.2) is 35.2 Å². The van der Waals surface area contributed by atoms with Crippen molar-refractivity contribution in [3.8, 4) is 0 Å². The highest BCUT2D eigenvalue weighted by Crippen LogP contribution is 2.33. The second-order valence-electron chi connectivity index (χ2n) is 6.21. The number of carbonyl (C=O) groups is 1. The molecule has 0 atom stereocenters. The third kappa shape index (κ3) is 3.74. The number of fused-ring (bicyclic) bond motifs is 1. The van der Waals surface area contributed by atoms with Gasteiger partial charge in [0.25, 0.3) is 5.91 Å². The van der Waals surface area contributed by atoms with Gasteiger partial charge >= 0.3 is 0 Å². The molecule has 2 heterocycles. The normalized spacial score (nSPS) is 15.6. The van der Waals surface area contributed by atoms with Gasteiger partial charge in [0.2, 0.25) is 0 Å². The number of amides is 1. The van der Waals surface area contributed by atoms with Crippen LogP contribution in [0, 0.1) is 0 Å². The second-order valence-corrected chi connectivity index (χ2v) is 7.24. The quantitative estimate of drug-likeness (QED) is 0.584. The van der Waals surface area contributed by atoms with E-state index < -0.39 is 0 Å². The summed E-state index contributed by atoms with van der Waals surface area (Å²) in [7, 11) is 0. The molecule has 1 aliphatic rings. The Bertz CT molecular complexity index is 820. The predicted octanol–water partition coefficient (Wildman–Crippen LogP) is 5.02. The first kappa shape index (κ1) is 17.6. The van der Waals surface area contributed by atoms with Gasteiger partial charge in [-0.05, 0) is 51.7 Å². The van der Waals surface area contributed by atoms with E-state index in [0.29, 0.717) is 10.9 Å². The average Bonchev–Trinajstić information content (AvgIpc) is 3.02. The zero-order valence-electron chi connectivity index (χ0n) is 15.0. The molecule has 0 bridgehead atoms. The first-order chi connectivity index (χ1) is 12.1. The molecule has 0 aromatic carbocycles. The first-order valence-corrected chi connectivity index (χ1v) is 9.60. The van der Waals surface area contributed by atoms with E-state index >= 15 is 0 Å². The molecular formula is C19H24N4OS. The lowest BCUT2D eigenvalue weighted by molar-refractivity contribution is 0.0815. The highest BCUT2D eigenvalue weighted by Gasteiger charge is 2.22. The van der Waals surface area contributed by atoms with Gasteiger partial charge in [-0.2, -0.15) is 5.10 Å². The van der Waals surface area contributed by atoms with E-state index in [1.165, 1.54) is 35.6 Å². The highest BCUT2D eigenvalue weighted by atomic mass is 32.1. The Hall–Kier alpha value is -2.21. The zero-order chi connectivity index (χ0) is 17.8. The molecule has 3 rings (SSSR count). The van der Waals surface area contributed by atoms with E-state index in [-0.39, 0.29) is 5.91 Å². The molecule has 25 heavy (non-hydrogen) atoms. The number of thiophene rings is 1. The molecule has 1 aliphatic carbocycles. The Morgan fingerprint density at radius 1 is 1.52 bits per heavy atom. The third-order valence-corrected chi connectivity index (χ3v) is 5.47. The van der Waals surface area contributed by atoms with E-state index in [1.807, 2.05) is 39.0 Å². The Morgan fingerprint density at radius 3 is 2.96 bits per heavy atom. The molecule has 1 amide bonds. The molecule has 1 saturated carbocycles. The number of aromatic nitrogens is 1. The number of nitrogens with zero attached hydrogens (tertiary/aromatic N) is 3. The molecule has 0 spiro atoms. The summed E-state index contributed by atoms with van der Waals surface area (Å²) >= 11 is 1.42. The standard InChI is InChI=1S/C19H24N4OS/c1-4-10-21-23(13(3)5-2)19(24)17-12-15-16(22-14-7-6-8-14)9-11-20-18(15)25-17/h5,9-12,14H,4,6-8H2,1-3H3,(H,20,22)/b13-5+,21-10-. The van der Waals surface area contributed by atoms with Crippen LogP contribution >= 0.6 is 11.3 Å². The van der Waals surface area contributed by atoms with Gasteiger partial charge < -0.3 is 5.32 Å². The summed E-state index contributed by atoms with van der Waals surface area (Å²) in [4.78, 5) is 18.9. The molecule has 5 nitrogen and oxygen atoms in total. The van der Waals surface area contributed by atoms with Crippen molar-refractivity contribution in [2.75, 3.05) is 5.32 Å². The number of hydrogen-bond donors (Lipinski definition) is 1. The number of allylic oxidation sites excluding steroid dienone is 2. The van der Waals surface area contributed by atoms with Crippen LogP contribution in [0.5, 0.6) is 0 Å². The second kappa shape index (κ2) is 7.78. The summed E-state index contributed by atoms with van der Waals surface area (Å²) in [5.41, 5.74) is 1.88. The first-order valence-electron chi connectivity index (χ1n) is 8.79. The monoisotopic (exact) mass is 356 g/mol. The van der Waals surface area contributed by atoms with Crippen molar-refractivity contribution in [1.29, 1.82) is 0 Å². The van der Waals surface area contributed by atoms with Crippen molar-refractivity contribution in [2.45, 2.75) is 52.5 Å². The number of anilines is 1. The van der Waals surface area contributed by atoms with Gasteiger partial charge in [0.05, 0.1) is 4.88 Å². The van der Waals surface area contributed by atoms with Crippen LogP contribution in [0.25, 0.3) is 10.2 Å². The smallest absolute Gasteiger partial charge is 0.288 e. The van der Waals surface area contributed by atoms with Gasteiger partial charge in [0.1, 0.15) is 4.83 Å². The third-order valence-electron chi connectivity index (χ3n) is 4.44. The van der Waals surface area contributed by atoms with Crippen molar-refractivity contribution >= 4 is 39.4 Å². The van der Waals surface area contributed by atoms with Crippen LogP contribution in [-0.2, 0) is 0 Å². The van der Waals surface area contributed by atoms with Crippen molar-refractivity contribution in [3.63, 3.8) is 0 Å². The molecule has 6 heteroatoms. The van der Waals surface area contributed by atoms with Gasteiger partial charge in [-0.15, -0.1) is 11.3 Å². The maximum absolute atomic E-state index is 13.0. The van der Waals surface area contributed by atoms with Crippen molar-refractivity contribution in [2.24, 2.45) is 5.10 Å². The largest absolute Gasteiger partial charge is 0.382 e. The maximum Gasteiger partial charge on any atom is 0.288 e. The fourth-order valence-corrected chi connectivity index (χ4v) is 3.59. The summed E-state index contributed by atoms with van der Waals surface area (Å²) in [6.07, 6.45) is 9.92. The van der Waals surface area contributed by atoms with Crippen LogP contribution in [0.4, 0.5) is 5.69 Å².